The van der Waals surface area contributed by atoms with E-state index in [4.69, 9.17) is 9.47 Å². The van der Waals surface area contributed by atoms with E-state index in [-0.39, 0.29) is 0 Å². The third-order valence-corrected chi connectivity index (χ3v) is 2.38. The summed E-state index contributed by atoms with van der Waals surface area (Å²) in [4.78, 5) is 1.20. The van der Waals surface area contributed by atoms with E-state index >= 15 is 0 Å². The van der Waals surface area contributed by atoms with Crippen molar-refractivity contribution < 1.29 is 9.47 Å². The third-order valence-electron chi connectivity index (χ3n) is 1.43. The molecule has 10 heavy (non-hydrogen) atoms. The maximum atomic E-state index is 5.36. The molecule has 1 aromatic heterocycles. The van der Waals surface area contributed by atoms with Crippen LogP contribution in [-0.2, 0) is 0 Å². The van der Waals surface area contributed by atoms with Gasteiger partial charge in [-0.05, 0) is 6.92 Å². The number of rotatable bonds is 0. The molecule has 0 saturated heterocycles. The lowest BCUT2D eigenvalue weighted by atomic mass is 10.5. The fourth-order valence-corrected chi connectivity index (χ4v) is 1.78. The van der Waals surface area contributed by atoms with Crippen molar-refractivity contribution in [3.63, 3.8) is 0 Å². The standard InChI is InChI=1S/C7H8O2S/c1-5-6-4-7(10-5)9-3-2-8-6/h4H,2-3H2,1H3. The number of aryl methyl sites for hydroxylation is 1. The second-order valence-electron chi connectivity index (χ2n) is 2.18. The summed E-state index contributed by atoms with van der Waals surface area (Å²) in [5, 5.41) is 0.977. The van der Waals surface area contributed by atoms with E-state index in [1.807, 2.05) is 13.0 Å². The summed E-state index contributed by atoms with van der Waals surface area (Å²) in [7, 11) is 0. The van der Waals surface area contributed by atoms with Crippen LogP contribution in [-0.4, -0.2) is 13.2 Å². The monoisotopic (exact) mass is 156 g/mol. The summed E-state index contributed by atoms with van der Waals surface area (Å²) in [6.45, 7) is 3.39. The van der Waals surface area contributed by atoms with E-state index < -0.39 is 0 Å². The van der Waals surface area contributed by atoms with E-state index in [1.165, 1.54) is 4.88 Å². The maximum Gasteiger partial charge on any atom is 0.178 e. The van der Waals surface area contributed by atoms with Crippen molar-refractivity contribution in [2.45, 2.75) is 6.92 Å². The Morgan fingerprint density at radius 3 is 3.10 bits per heavy atom. The zero-order valence-corrected chi connectivity index (χ0v) is 6.53. The molecule has 0 unspecified atom stereocenters. The normalized spacial score (nSPS) is 15.3. The van der Waals surface area contributed by atoms with Crippen LogP contribution in [0.5, 0.6) is 10.8 Å². The summed E-state index contributed by atoms with van der Waals surface area (Å²) < 4.78 is 10.7. The number of hydrogen-bond donors (Lipinski definition) is 0. The van der Waals surface area contributed by atoms with Gasteiger partial charge in [0, 0.05) is 10.9 Å². The molecule has 2 rings (SSSR count). The zero-order valence-electron chi connectivity index (χ0n) is 5.72. The van der Waals surface area contributed by atoms with E-state index in [0.29, 0.717) is 13.2 Å². The largest absolute Gasteiger partial charge is 0.489 e. The number of thiophene rings is 1. The van der Waals surface area contributed by atoms with Gasteiger partial charge in [-0.3, -0.25) is 0 Å². The number of ether oxygens (including phenoxy) is 2. The zero-order chi connectivity index (χ0) is 6.97. The molecule has 0 amide bonds. The molecule has 0 radical (unpaired) electrons. The molecule has 1 aliphatic rings. The summed E-state index contributed by atoms with van der Waals surface area (Å²) in [5.41, 5.74) is 0. The van der Waals surface area contributed by atoms with Crippen LogP contribution in [0.2, 0.25) is 0 Å². The summed E-state index contributed by atoms with van der Waals surface area (Å²) in [6.07, 6.45) is 0. The molecule has 2 nitrogen and oxygen atoms in total. The molecule has 0 N–H and O–H groups in total. The maximum absolute atomic E-state index is 5.36. The first-order valence-corrected chi connectivity index (χ1v) is 4.04. The van der Waals surface area contributed by atoms with Crippen molar-refractivity contribution in [3.8, 4) is 10.8 Å². The SMILES string of the molecule is Cc1sc2cc1OCCO2. The molecular weight excluding hydrogens is 148 g/mol. The Bertz CT molecular complexity index is 242. The van der Waals surface area contributed by atoms with Crippen LogP contribution in [0.1, 0.15) is 4.88 Å². The van der Waals surface area contributed by atoms with Crippen molar-refractivity contribution >= 4 is 11.3 Å². The van der Waals surface area contributed by atoms with Crippen LogP contribution < -0.4 is 9.47 Å². The van der Waals surface area contributed by atoms with Gasteiger partial charge in [-0.25, -0.2) is 0 Å². The Hall–Kier alpha value is -0.700. The van der Waals surface area contributed by atoms with Crippen molar-refractivity contribution in [1.82, 2.24) is 0 Å². The fourth-order valence-electron chi connectivity index (χ4n) is 0.948. The second-order valence-corrected chi connectivity index (χ2v) is 3.40. The molecule has 2 bridgehead atoms. The van der Waals surface area contributed by atoms with Crippen LogP contribution in [0.25, 0.3) is 0 Å². The highest BCUT2D eigenvalue weighted by Gasteiger charge is 2.10. The first-order chi connectivity index (χ1) is 4.86. The molecule has 0 atom stereocenters. The van der Waals surface area contributed by atoms with Crippen molar-refractivity contribution in [2.24, 2.45) is 0 Å². The first-order valence-electron chi connectivity index (χ1n) is 3.22. The highest BCUT2D eigenvalue weighted by Crippen LogP contribution is 2.35. The molecule has 0 saturated carbocycles. The molecule has 54 valence electrons. The molecule has 0 fully saturated rings. The molecule has 1 aromatic rings. The van der Waals surface area contributed by atoms with Gasteiger partial charge in [0.15, 0.2) is 5.06 Å². The topological polar surface area (TPSA) is 18.5 Å². The fraction of sp³-hybridized carbons (Fsp3) is 0.429. The lowest BCUT2D eigenvalue weighted by molar-refractivity contribution is 0.232. The van der Waals surface area contributed by atoms with Gasteiger partial charge in [0.25, 0.3) is 0 Å². The van der Waals surface area contributed by atoms with Gasteiger partial charge >= 0.3 is 0 Å². The number of fused-ring (bicyclic) bond motifs is 2. The summed E-state index contributed by atoms with van der Waals surface area (Å²) in [6, 6.07) is 1.95. The van der Waals surface area contributed by atoms with Gasteiger partial charge < -0.3 is 9.47 Å². The Labute approximate surface area is 63.4 Å². The summed E-state index contributed by atoms with van der Waals surface area (Å²) in [5.74, 6) is 0.984. The van der Waals surface area contributed by atoms with Gasteiger partial charge in [0.05, 0.1) is 0 Å². The van der Waals surface area contributed by atoms with Crippen molar-refractivity contribution in [1.29, 1.82) is 0 Å². The second kappa shape index (κ2) is 2.16. The molecule has 0 aromatic carbocycles. The highest BCUT2D eigenvalue weighted by atomic mass is 32.1. The Morgan fingerprint density at radius 1 is 1.40 bits per heavy atom. The van der Waals surface area contributed by atoms with Gasteiger partial charge in [-0.1, -0.05) is 0 Å². The van der Waals surface area contributed by atoms with Crippen LogP contribution in [0, 0.1) is 6.92 Å². The molecular formula is C7H8O2S. The van der Waals surface area contributed by atoms with Gasteiger partial charge in [0.2, 0.25) is 0 Å². The lowest BCUT2D eigenvalue weighted by Gasteiger charge is -2.03. The molecule has 3 heteroatoms. The van der Waals surface area contributed by atoms with Gasteiger partial charge in [0.1, 0.15) is 19.0 Å². The Kier molecular flexibility index (Phi) is 1.31. The lowest BCUT2D eigenvalue weighted by Crippen LogP contribution is -2.06. The minimum atomic E-state index is 0.674. The molecule has 2 heterocycles. The summed E-state index contributed by atoms with van der Waals surface area (Å²) >= 11 is 1.64. The van der Waals surface area contributed by atoms with E-state index in [2.05, 4.69) is 0 Å². The van der Waals surface area contributed by atoms with Crippen LogP contribution in [0.3, 0.4) is 0 Å². The molecule has 0 aliphatic carbocycles. The van der Waals surface area contributed by atoms with Crippen molar-refractivity contribution in [2.75, 3.05) is 13.2 Å². The molecule has 1 aliphatic heterocycles. The third kappa shape index (κ3) is 0.865. The minimum absolute atomic E-state index is 0.674. The average Bonchev–Trinajstić information content (AvgIpc) is 2.18. The average molecular weight is 156 g/mol. The van der Waals surface area contributed by atoms with Gasteiger partial charge in [-0.2, -0.15) is 0 Å². The predicted octanol–water partition coefficient (Wildman–Crippen LogP) is 1.83. The highest BCUT2D eigenvalue weighted by molar-refractivity contribution is 7.14. The minimum Gasteiger partial charge on any atom is -0.489 e. The van der Waals surface area contributed by atoms with Crippen LogP contribution in [0.15, 0.2) is 6.07 Å². The smallest absolute Gasteiger partial charge is 0.178 e. The van der Waals surface area contributed by atoms with E-state index in [1.54, 1.807) is 11.3 Å². The quantitative estimate of drug-likeness (QED) is 0.570. The van der Waals surface area contributed by atoms with Crippen LogP contribution in [0.4, 0.5) is 0 Å². The van der Waals surface area contributed by atoms with Crippen LogP contribution >= 0.6 is 11.3 Å². The predicted molar refractivity (Wildman–Crippen MR) is 40.0 cm³/mol. The molecule has 0 spiro atoms. The van der Waals surface area contributed by atoms with Gasteiger partial charge in [-0.15, -0.1) is 11.3 Å². The van der Waals surface area contributed by atoms with Crippen molar-refractivity contribution in [3.05, 3.63) is 10.9 Å². The van der Waals surface area contributed by atoms with E-state index in [0.717, 1.165) is 10.8 Å². The Balaban J connectivity index is 2.43. The number of hydrogen-bond acceptors (Lipinski definition) is 3. The van der Waals surface area contributed by atoms with E-state index in [9.17, 15) is 0 Å². The first kappa shape index (κ1) is 6.04. The Morgan fingerprint density at radius 2 is 2.20 bits per heavy atom.